The Morgan fingerprint density at radius 2 is 1.42 bits per heavy atom. The average molecular weight is 260 g/mol. The van der Waals surface area contributed by atoms with E-state index in [0.29, 0.717) is 11.3 Å². The van der Waals surface area contributed by atoms with Crippen molar-refractivity contribution in [2.75, 3.05) is 0 Å². The molecule has 0 saturated carbocycles. The normalized spacial score (nSPS) is 10.9. The lowest BCUT2D eigenvalue weighted by Gasteiger charge is -2.03. The molecule has 2 aromatic carbocycles. The van der Waals surface area contributed by atoms with Crippen molar-refractivity contribution in [3.63, 3.8) is 0 Å². The molecule has 94 valence electrons. The first-order chi connectivity index (χ1) is 9.13. The maximum atomic E-state index is 13.1. The number of hydrogen-bond donors (Lipinski definition) is 0. The molecule has 0 aliphatic rings. The Hall–Kier alpha value is -2.43. The van der Waals surface area contributed by atoms with E-state index in [4.69, 9.17) is 0 Å². The van der Waals surface area contributed by atoms with Gasteiger partial charge in [-0.2, -0.15) is 0 Å². The highest BCUT2D eigenvalue weighted by Crippen LogP contribution is 2.21. The van der Waals surface area contributed by atoms with Crippen LogP contribution in [0.25, 0.3) is 22.3 Å². The van der Waals surface area contributed by atoms with Gasteiger partial charge in [0.05, 0.1) is 22.9 Å². The van der Waals surface area contributed by atoms with Crippen molar-refractivity contribution < 1.29 is 13.2 Å². The Morgan fingerprint density at radius 3 is 2.11 bits per heavy atom. The van der Waals surface area contributed by atoms with Crippen LogP contribution >= 0.6 is 0 Å². The van der Waals surface area contributed by atoms with Crippen LogP contribution in [0.5, 0.6) is 0 Å². The summed E-state index contributed by atoms with van der Waals surface area (Å²) < 4.78 is 39.0. The van der Waals surface area contributed by atoms with Gasteiger partial charge in [-0.1, -0.05) is 0 Å². The van der Waals surface area contributed by atoms with Crippen molar-refractivity contribution in [2.24, 2.45) is 0 Å². The predicted molar refractivity (Wildman–Crippen MR) is 64.8 cm³/mol. The molecule has 1 heterocycles. The first kappa shape index (κ1) is 11.6. The maximum absolute atomic E-state index is 13.1. The van der Waals surface area contributed by atoms with Crippen molar-refractivity contribution in [3.05, 3.63) is 60.0 Å². The molecule has 0 amide bonds. The van der Waals surface area contributed by atoms with E-state index >= 15 is 0 Å². The molecule has 0 radical (unpaired) electrons. The van der Waals surface area contributed by atoms with Gasteiger partial charge in [0, 0.05) is 17.7 Å². The van der Waals surface area contributed by atoms with E-state index in [1.165, 1.54) is 18.3 Å². The van der Waals surface area contributed by atoms with Crippen LogP contribution in [-0.2, 0) is 0 Å². The van der Waals surface area contributed by atoms with Crippen LogP contribution in [-0.4, -0.2) is 9.97 Å². The predicted octanol–water partition coefficient (Wildman–Crippen LogP) is 3.71. The van der Waals surface area contributed by atoms with Crippen molar-refractivity contribution in [1.29, 1.82) is 0 Å². The number of halogens is 3. The fraction of sp³-hybridized carbons (Fsp3) is 0. The topological polar surface area (TPSA) is 25.8 Å². The fourth-order valence-electron chi connectivity index (χ4n) is 1.77. The van der Waals surface area contributed by atoms with Gasteiger partial charge in [0.15, 0.2) is 11.6 Å². The summed E-state index contributed by atoms with van der Waals surface area (Å²) in [7, 11) is 0. The quantitative estimate of drug-likeness (QED) is 0.666. The van der Waals surface area contributed by atoms with Crippen LogP contribution in [0.4, 0.5) is 13.2 Å². The molecule has 0 bridgehead atoms. The Bertz CT molecular complexity index is 754. The molecular weight excluding hydrogens is 253 g/mol. The molecule has 0 spiro atoms. The molecule has 3 aromatic rings. The molecular formula is C14H7F3N2. The summed E-state index contributed by atoms with van der Waals surface area (Å²) in [5.74, 6) is -2.29. The second-order valence-corrected chi connectivity index (χ2v) is 4.02. The second kappa shape index (κ2) is 4.35. The number of hydrogen-bond acceptors (Lipinski definition) is 2. The second-order valence-electron chi connectivity index (χ2n) is 4.02. The van der Waals surface area contributed by atoms with Crippen LogP contribution in [0.15, 0.2) is 42.6 Å². The van der Waals surface area contributed by atoms with E-state index in [1.807, 2.05) is 0 Å². The standard InChI is InChI=1S/C14H7F3N2/c15-9-3-1-8(2-4-9)14-7-18-12-5-10(16)11(17)6-13(12)19-14/h1-7H. The van der Waals surface area contributed by atoms with Gasteiger partial charge in [-0.25, -0.2) is 18.2 Å². The minimum atomic E-state index is -0.974. The first-order valence-corrected chi connectivity index (χ1v) is 5.51. The van der Waals surface area contributed by atoms with Crippen LogP contribution in [0.1, 0.15) is 0 Å². The summed E-state index contributed by atoms with van der Waals surface area (Å²) in [6, 6.07) is 7.67. The summed E-state index contributed by atoms with van der Waals surface area (Å²) >= 11 is 0. The van der Waals surface area contributed by atoms with Crippen molar-refractivity contribution in [3.8, 4) is 11.3 Å². The number of nitrogens with zero attached hydrogens (tertiary/aromatic N) is 2. The highest BCUT2D eigenvalue weighted by Gasteiger charge is 2.08. The molecule has 0 saturated heterocycles. The van der Waals surface area contributed by atoms with Gasteiger partial charge in [0.2, 0.25) is 0 Å². The largest absolute Gasteiger partial charge is 0.252 e. The molecule has 1 aromatic heterocycles. The highest BCUT2D eigenvalue weighted by molar-refractivity contribution is 5.77. The maximum Gasteiger partial charge on any atom is 0.161 e. The Balaban J connectivity index is 2.16. The molecule has 0 atom stereocenters. The molecule has 19 heavy (non-hydrogen) atoms. The van der Waals surface area contributed by atoms with E-state index in [1.54, 1.807) is 12.1 Å². The van der Waals surface area contributed by atoms with Gasteiger partial charge < -0.3 is 0 Å². The molecule has 0 fully saturated rings. The van der Waals surface area contributed by atoms with E-state index in [0.717, 1.165) is 12.1 Å². The molecule has 5 heteroatoms. The zero-order valence-electron chi connectivity index (χ0n) is 9.57. The minimum Gasteiger partial charge on any atom is -0.252 e. The summed E-state index contributed by atoms with van der Waals surface area (Å²) in [6.07, 6.45) is 1.44. The van der Waals surface area contributed by atoms with Crippen molar-refractivity contribution in [1.82, 2.24) is 9.97 Å². The SMILES string of the molecule is Fc1ccc(-c2cnc3cc(F)c(F)cc3n2)cc1. The highest BCUT2D eigenvalue weighted by atomic mass is 19.2. The van der Waals surface area contributed by atoms with Gasteiger partial charge in [-0.3, -0.25) is 4.98 Å². The van der Waals surface area contributed by atoms with E-state index in [2.05, 4.69) is 9.97 Å². The van der Waals surface area contributed by atoms with Gasteiger partial charge >= 0.3 is 0 Å². The van der Waals surface area contributed by atoms with Crippen LogP contribution in [0, 0.1) is 17.5 Å². The summed E-state index contributed by atoms with van der Waals surface area (Å²) in [6.45, 7) is 0. The number of aromatic nitrogens is 2. The lowest BCUT2D eigenvalue weighted by atomic mass is 10.1. The van der Waals surface area contributed by atoms with Gasteiger partial charge in [0.1, 0.15) is 5.82 Å². The minimum absolute atomic E-state index is 0.251. The number of benzene rings is 2. The van der Waals surface area contributed by atoms with Crippen LogP contribution < -0.4 is 0 Å². The van der Waals surface area contributed by atoms with Crippen LogP contribution in [0.2, 0.25) is 0 Å². The Kier molecular flexibility index (Phi) is 2.67. The zero-order valence-corrected chi connectivity index (χ0v) is 9.57. The molecule has 0 aliphatic carbocycles. The molecule has 3 rings (SSSR count). The van der Waals surface area contributed by atoms with E-state index < -0.39 is 11.6 Å². The lowest BCUT2D eigenvalue weighted by Crippen LogP contribution is -1.92. The molecule has 0 N–H and O–H groups in total. The molecule has 0 unspecified atom stereocenters. The third-order valence-corrected chi connectivity index (χ3v) is 2.72. The van der Waals surface area contributed by atoms with Crippen LogP contribution in [0.3, 0.4) is 0 Å². The number of rotatable bonds is 1. The fourth-order valence-corrected chi connectivity index (χ4v) is 1.77. The third-order valence-electron chi connectivity index (χ3n) is 2.72. The third kappa shape index (κ3) is 2.14. The monoisotopic (exact) mass is 260 g/mol. The smallest absolute Gasteiger partial charge is 0.161 e. The summed E-state index contributed by atoms with van der Waals surface area (Å²) in [5, 5.41) is 0. The summed E-state index contributed by atoms with van der Waals surface area (Å²) in [4.78, 5) is 8.20. The van der Waals surface area contributed by atoms with Crippen molar-refractivity contribution in [2.45, 2.75) is 0 Å². The van der Waals surface area contributed by atoms with E-state index in [9.17, 15) is 13.2 Å². The molecule has 0 aliphatic heterocycles. The van der Waals surface area contributed by atoms with Gasteiger partial charge in [-0.05, 0) is 24.3 Å². The first-order valence-electron chi connectivity index (χ1n) is 5.51. The molecule has 2 nitrogen and oxygen atoms in total. The Morgan fingerprint density at radius 1 is 0.789 bits per heavy atom. The lowest BCUT2D eigenvalue weighted by molar-refractivity contribution is 0.510. The summed E-state index contributed by atoms with van der Waals surface area (Å²) in [5.41, 5.74) is 1.64. The van der Waals surface area contributed by atoms with E-state index in [-0.39, 0.29) is 16.9 Å². The zero-order chi connectivity index (χ0) is 13.4. The number of fused-ring (bicyclic) bond motifs is 1. The average Bonchev–Trinajstić information content (AvgIpc) is 2.40. The van der Waals surface area contributed by atoms with Gasteiger partial charge in [-0.15, -0.1) is 0 Å². The van der Waals surface area contributed by atoms with Crippen molar-refractivity contribution >= 4 is 11.0 Å². The Labute approximate surface area is 106 Å². The van der Waals surface area contributed by atoms with Gasteiger partial charge in [0.25, 0.3) is 0 Å².